The number of hydrogen-bond donors (Lipinski definition) is 1. The smallest absolute Gasteiger partial charge is 0.320 e. The van der Waals surface area contributed by atoms with Gasteiger partial charge in [-0.25, -0.2) is 14.2 Å². The minimum atomic E-state index is -0.196. The number of fused-ring (bicyclic) bond motifs is 2. The van der Waals surface area contributed by atoms with E-state index in [-0.39, 0.29) is 23.9 Å². The number of nitrogens with two attached hydrogens (primary N) is 1. The molecule has 3 heterocycles. The maximum Gasteiger partial charge on any atom is 0.320 e. The quantitative estimate of drug-likeness (QED) is 0.638. The molecule has 5 nitrogen and oxygen atoms in total. The van der Waals surface area contributed by atoms with Crippen molar-refractivity contribution in [2.75, 3.05) is 13.1 Å². The number of rotatable bonds is 2. The SMILES string of the molecule is CC1=C(N=CN)CN(C(=O)N2[C@@H]3CC[C@H]2CC(c2ccc(F)cc2)C3)CC1. The van der Waals surface area contributed by atoms with Crippen molar-refractivity contribution in [3.05, 3.63) is 46.9 Å². The van der Waals surface area contributed by atoms with E-state index in [2.05, 4.69) is 16.8 Å². The Morgan fingerprint density at radius 1 is 1.22 bits per heavy atom. The van der Waals surface area contributed by atoms with Crippen molar-refractivity contribution < 1.29 is 9.18 Å². The molecule has 3 aliphatic rings. The van der Waals surface area contributed by atoms with E-state index in [4.69, 9.17) is 5.73 Å². The van der Waals surface area contributed by atoms with E-state index in [1.165, 1.54) is 29.6 Å². The lowest BCUT2D eigenvalue weighted by atomic mass is 9.85. The summed E-state index contributed by atoms with van der Waals surface area (Å²) in [5, 5.41) is 0. The van der Waals surface area contributed by atoms with E-state index in [0.29, 0.717) is 12.5 Å². The van der Waals surface area contributed by atoms with Crippen molar-refractivity contribution in [3.8, 4) is 0 Å². The van der Waals surface area contributed by atoms with Gasteiger partial charge in [0.2, 0.25) is 0 Å². The molecule has 27 heavy (non-hydrogen) atoms. The molecule has 2 N–H and O–H groups in total. The molecule has 2 fully saturated rings. The fourth-order valence-electron chi connectivity index (χ4n) is 4.91. The van der Waals surface area contributed by atoms with Gasteiger partial charge in [0.15, 0.2) is 0 Å². The van der Waals surface area contributed by atoms with Crippen LogP contribution in [0, 0.1) is 5.82 Å². The van der Waals surface area contributed by atoms with Crippen molar-refractivity contribution in [1.82, 2.24) is 9.80 Å². The second-order valence-electron chi connectivity index (χ2n) is 7.97. The molecule has 3 atom stereocenters. The zero-order valence-electron chi connectivity index (χ0n) is 15.8. The Labute approximate surface area is 159 Å². The third kappa shape index (κ3) is 3.45. The summed E-state index contributed by atoms with van der Waals surface area (Å²) in [5.74, 6) is 0.215. The molecule has 2 bridgehead atoms. The molecule has 0 radical (unpaired) electrons. The topological polar surface area (TPSA) is 61.9 Å². The van der Waals surface area contributed by atoms with E-state index in [0.717, 1.165) is 44.3 Å². The van der Waals surface area contributed by atoms with Crippen molar-refractivity contribution in [1.29, 1.82) is 0 Å². The Hall–Kier alpha value is -2.37. The summed E-state index contributed by atoms with van der Waals surface area (Å²) >= 11 is 0. The second kappa shape index (κ2) is 7.33. The van der Waals surface area contributed by atoms with Gasteiger partial charge in [-0.05, 0) is 68.2 Å². The first kappa shape index (κ1) is 18.0. The number of amides is 2. The van der Waals surface area contributed by atoms with Crippen LogP contribution < -0.4 is 5.73 Å². The van der Waals surface area contributed by atoms with Crippen LogP contribution in [0.1, 0.15) is 50.5 Å². The van der Waals surface area contributed by atoms with E-state index >= 15 is 0 Å². The Morgan fingerprint density at radius 2 is 1.89 bits per heavy atom. The molecule has 4 rings (SSSR count). The molecular formula is C21H27FN4O. The van der Waals surface area contributed by atoms with Crippen LogP contribution in [0.2, 0.25) is 0 Å². The number of nitrogens with zero attached hydrogens (tertiary/aromatic N) is 3. The minimum Gasteiger partial charge on any atom is -0.390 e. The average molecular weight is 370 g/mol. The summed E-state index contributed by atoms with van der Waals surface area (Å²) in [4.78, 5) is 21.5. The van der Waals surface area contributed by atoms with Gasteiger partial charge >= 0.3 is 6.03 Å². The van der Waals surface area contributed by atoms with Crippen LogP contribution in [0.5, 0.6) is 0 Å². The summed E-state index contributed by atoms with van der Waals surface area (Å²) < 4.78 is 13.2. The van der Waals surface area contributed by atoms with E-state index in [1.54, 1.807) is 0 Å². The Kier molecular flexibility index (Phi) is 4.89. The summed E-state index contributed by atoms with van der Waals surface area (Å²) in [7, 11) is 0. The minimum absolute atomic E-state index is 0.136. The molecule has 3 aliphatic heterocycles. The second-order valence-corrected chi connectivity index (χ2v) is 7.97. The van der Waals surface area contributed by atoms with E-state index in [1.807, 2.05) is 17.0 Å². The highest BCUT2D eigenvalue weighted by atomic mass is 19.1. The fraction of sp³-hybridized carbons (Fsp3) is 0.524. The monoisotopic (exact) mass is 370 g/mol. The number of halogens is 1. The fourth-order valence-corrected chi connectivity index (χ4v) is 4.91. The number of benzene rings is 1. The van der Waals surface area contributed by atoms with Gasteiger partial charge in [0.25, 0.3) is 0 Å². The molecule has 0 saturated carbocycles. The molecule has 1 aromatic rings. The standard InChI is InChI=1S/C21H27FN4O/c1-14-8-9-25(12-20(14)24-13-23)21(27)26-18-6-7-19(26)11-16(10-18)15-2-4-17(22)5-3-15/h2-5,13,16,18-19H,6-12H2,1H3,(H2,23,24)/t16?,18-,19+. The maximum atomic E-state index is 13.3. The number of carbonyl (C=O) groups is 1. The van der Waals surface area contributed by atoms with Gasteiger partial charge in [-0.3, -0.25) is 0 Å². The van der Waals surface area contributed by atoms with Gasteiger partial charge in [0.05, 0.1) is 18.6 Å². The van der Waals surface area contributed by atoms with Crippen LogP contribution in [0.4, 0.5) is 9.18 Å². The first-order valence-electron chi connectivity index (χ1n) is 9.82. The molecule has 0 spiro atoms. The van der Waals surface area contributed by atoms with Gasteiger partial charge in [0, 0.05) is 18.6 Å². The highest BCUT2D eigenvalue weighted by Crippen LogP contribution is 2.43. The third-order valence-electron chi connectivity index (χ3n) is 6.39. The summed E-state index contributed by atoms with van der Waals surface area (Å²) in [6, 6.07) is 7.56. The largest absolute Gasteiger partial charge is 0.390 e. The first-order valence-corrected chi connectivity index (χ1v) is 9.82. The lowest BCUT2D eigenvalue weighted by Crippen LogP contribution is -2.53. The summed E-state index contributed by atoms with van der Waals surface area (Å²) in [5.41, 5.74) is 8.76. The Bertz CT molecular complexity index is 759. The lowest BCUT2D eigenvalue weighted by Gasteiger charge is -2.42. The van der Waals surface area contributed by atoms with Crippen molar-refractivity contribution in [2.24, 2.45) is 10.7 Å². The highest BCUT2D eigenvalue weighted by molar-refractivity contribution is 5.76. The predicted molar refractivity (Wildman–Crippen MR) is 104 cm³/mol. The van der Waals surface area contributed by atoms with Crippen molar-refractivity contribution >= 4 is 12.4 Å². The van der Waals surface area contributed by atoms with E-state index in [9.17, 15) is 9.18 Å². The predicted octanol–water partition coefficient (Wildman–Crippen LogP) is 3.62. The van der Waals surface area contributed by atoms with Gasteiger partial charge in [-0.2, -0.15) is 0 Å². The molecular weight excluding hydrogens is 343 g/mol. The normalized spacial score (nSPS) is 28.3. The van der Waals surface area contributed by atoms with Crippen LogP contribution in [0.15, 0.2) is 40.5 Å². The lowest BCUT2D eigenvalue weighted by molar-refractivity contribution is 0.106. The summed E-state index contributed by atoms with van der Waals surface area (Å²) in [6.45, 7) is 3.34. The van der Waals surface area contributed by atoms with Crippen LogP contribution in [0.25, 0.3) is 0 Å². The highest BCUT2D eigenvalue weighted by Gasteiger charge is 2.45. The molecule has 144 valence electrons. The number of aliphatic imine (C=N–C) groups is 1. The molecule has 2 saturated heterocycles. The molecule has 1 unspecified atom stereocenters. The van der Waals surface area contributed by atoms with E-state index < -0.39 is 0 Å². The van der Waals surface area contributed by atoms with Crippen molar-refractivity contribution in [2.45, 2.75) is 57.0 Å². The number of urea groups is 1. The summed E-state index contributed by atoms with van der Waals surface area (Å²) in [6.07, 6.45) is 6.20. The average Bonchev–Trinajstić information content (AvgIpc) is 2.93. The Morgan fingerprint density at radius 3 is 2.52 bits per heavy atom. The van der Waals surface area contributed by atoms with Gasteiger partial charge in [0.1, 0.15) is 5.82 Å². The van der Waals surface area contributed by atoms with Crippen LogP contribution in [-0.4, -0.2) is 47.3 Å². The van der Waals surface area contributed by atoms with Crippen LogP contribution in [-0.2, 0) is 0 Å². The number of carbonyl (C=O) groups excluding carboxylic acids is 1. The number of hydrogen-bond acceptors (Lipinski definition) is 2. The zero-order chi connectivity index (χ0) is 19.0. The molecule has 1 aromatic carbocycles. The Balaban J connectivity index is 1.47. The maximum absolute atomic E-state index is 13.3. The third-order valence-corrected chi connectivity index (χ3v) is 6.39. The molecule has 0 aliphatic carbocycles. The van der Waals surface area contributed by atoms with Crippen LogP contribution >= 0.6 is 0 Å². The van der Waals surface area contributed by atoms with Gasteiger partial charge < -0.3 is 15.5 Å². The van der Waals surface area contributed by atoms with Gasteiger partial charge in [-0.1, -0.05) is 12.1 Å². The van der Waals surface area contributed by atoms with Crippen LogP contribution in [0.3, 0.4) is 0 Å². The molecule has 2 amide bonds. The molecule has 0 aromatic heterocycles. The zero-order valence-corrected chi connectivity index (χ0v) is 15.8. The molecule has 6 heteroatoms. The van der Waals surface area contributed by atoms with Crippen molar-refractivity contribution in [3.63, 3.8) is 0 Å². The van der Waals surface area contributed by atoms with Gasteiger partial charge in [-0.15, -0.1) is 0 Å². The first-order chi connectivity index (χ1) is 13.1. The number of piperidine rings is 1.